The Balaban J connectivity index is 2.86. The first kappa shape index (κ1) is 9.58. The van der Waals surface area contributed by atoms with E-state index >= 15 is 0 Å². The number of allylic oxidation sites excluding steroid dienone is 1. The molecule has 0 fully saturated rings. The summed E-state index contributed by atoms with van der Waals surface area (Å²) in [5.41, 5.74) is 0.154. The summed E-state index contributed by atoms with van der Waals surface area (Å²) in [5, 5.41) is 0. The number of hydrogen-bond acceptors (Lipinski definition) is 1. The Labute approximate surface area is 74.7 Å². The average Bonchev–Trinajstić information content (AvgIpc) is 2.11. The van der Waals surface area contributed by atoms with Crippen molar-refractivity contribution >= 4 is 12.4 Å². The van der Waals surface area contributed by atoms with Gasteiger partial charge in [0.25, 0.3) is 0 Å². The largest absolute Gasteiger partial charge is 0.303 e. The van der Waals surface area contributed by atoms with Crippen LogP contribution in [0.4, 0.5) is 8.78 Å². The highest BCUT2D eigenvalue weighted by molar-refractivity contribution is 5.58. The Kier molecular flexibility index (Phi) is 3.31. The number of carbonyl (C=O) groups is 1. The van der Waals surface area contributed by atoms with Gasteiger partial charge in [-0.15, -0.1) is 0 Å². The molecule has 0 amide bonds. The van der Waals surface area contributed by atoms with Crippen LogP contribution < -0.4 is 0 Å². The molecular weight excluding hydrogens is 174 g/mol. The highest BCUT2D eigenvalue weighted by Crippen LogP contribution is 2.11. The number of hydrogen-bond donors (Lipinski definition) is 0. The van der Waals surface area contributed by atoms with Crippen LogP contribution in [0.1, 0.15) is 12.0 Å². The monoisotopic (exact) mass is 182 g/mol. The average molecular weight is 182 g/mol. The highest BCUT2D eigenvalue weighted by atomic mass is 19.1. The summed E-state index contributed by atoms with van der Waals surface area (Å²) in [6.07, 6.45) is 3.75. The van der Waals surface area contributed by atoms with E-state index in [9.17, 15) is 13.6 Å². The number of benzene rings is 1. The summed E-state index contributed by atoms with van der Waals surface area (Å²) in [4.78, 5) is 9.93. The van der Waals surface area contributed by atoms with Crippen molar-refractivity contribution in [2.24, 2.45) is 0 Å². The standard InChI is InChI=1S/C10H8F2O/c11-9-4-5-10(12)8(7-9)3-1-2-6-13/h1,3-7H,2H2. The van der Waals surface area contributed by atoms with E-state index < -0.39 is 11.6 Å². The molecule has 0 unspecified atom stereocenters. The van der Waals surface area contributed by atoms with Gasteiger partial charge in [-0.25, -0.2) is 8.78 Å². The van der Waals surface area contributed by atoms with Gasteiger partial charge in [0.05, 0.1) is 0 Å². The summed E-state index contributed by atoms with van der Waals surface area (Å²) in [6, 6.07) is 3.18. The molecule has 68 valence electrons. The van der Waals surface area contributed by atoms with Crippen molar-refractivity contribution in [3.8, 4) is 0 Å². The molecule has 0 N–H and O–H groups in total. The number of halogens is 2. The van der Waals surface area contributed by atoms with Gasteiger partial charge < -0.3 is 4.79 Å². The van der Waals surface area contributed by atoms with Crippen LogP contribution in [0.3, 0.4) is 0 Å². The van der Waals surface area contributed by atoms with Gasteiger partial charge in [-0.05, 0) is 18.2 Å². The molecule has 0 aliphatic carbocycles. The second kappa shape index (κ2) is 4.50. The summed E-state index contributed by atoms with van der Waals surface area (Å²) < 4.78 is 25.5. The molecule has 13 heavy (non-hydrogen) atoms. The summed E-state index contributed by atoms with van der Waals surface area (Å²) in [7, 11) is 0. The topological polar surface area (TPSA) is 17.1 Å². The van der Waals surface area contributed by atoms with E-state index in [-0.39, 0.29) is 12.0 Å². The van der Waals surface area contributed by atoms with Crippen molar-refractivity contribution in [2.75, 3.05) is 0 Å². The van der Waals surface area contributed by atoms with Gasteiger partial charge in [-0.1, -0.05) is 12.2 Å². The van der Waals surface area contributed by atoms with Crippen molar-refractivity contribution < 1.29 is 13.6 Å². The van der Waals surface area contributed by atoms with Crippen LogP contribution >= 0.6 is 0 Å². The fourth-order valence-corrected chi connectivity index (χ4v) is 0.893. The normalized spacial score (nSPS) is 10.6. The number of rotatable bonds is 3. The molecule has 0 radical (unpaired) electrons. The Bertz CT molecular complexity index is 332. The van der Waals surface area contributed by atoms with Crippen LogP contribution in [0.2, 0.25) is 0 Å². The second-order valence-electron chi connectivity index (χ2n) is 2.47. The molecule has 0 aliphatic heterocycles. The van der Waals surface area contributed by atoms with Crippen LogP contribution in [0.5, 0.6) is 0 Å². The summed E-state index contributed by atoms with van der Waals surface area (Å²) in [6.45, 7) is 0. The molecule has 0 heterocycles. The van der Waals surface area contributed by atoms with Gasteiger partial charge in [0, 0.05) is 12.0 Å². The maximum Gasteiger partial charge on any atom is 0.130 e. The number of aldehydes is 1. The fourth-order valence-electron chi connectivity index (χ4n) is 0.893. The zero-order valence-corrected chi connectivity index (χ0v) is 6.84. The van der Waals surface area contributed by atoms with E-state index in [1.54, 1.807) is 0 Å². The summed E-state index contributed by atoms with van der Waals surface area (Å²) in [5.74, 6) is -0.990. The third-order valence-corrected chi connectivity index (χ3v) is 1.49. The minimum absolute atomic E-state index is 0.154. The first-order valence-corrected chi connectivity index (χ1v) is 3.79. The van der Waals surface area contributed by atoms with Crippen molar-refractivity contribution in [1.29, 1.82) is 0 Å². The summed E-state index contributed by atoms with van der Waals surface area (Å²) >= 11 is 0. The van der Waals surface area contributed by atoms with Crippen molar-refractivity contribution in [1.82, 2.24) is 0 Å². The molecule has 1 aromatic rings. The predicted octanol–water partition coefficient (Wildman–Crippen LogP) is 2.57. The van der Waals surface area contributed by atoms with Gasteiger partial charge in [0.15, 0.2) is 0 Å². The van der Waals surface area contributed by atoms with Gasteiger partial charge in [-0.3, -0.25) is 0 Å². The van der Waals surface area contributed by atoms with Crippen molar-refractivity contribution in [2.45, 2.75) is 6.42 Å². The molecule has 0 bridgehead atoms. The minimum Gasteiger partial charge on any atom is -0.303 e. The Hall–Kier alpha value is -1.51. The molecule has 0 aromatic heterocycles. The van der Waals surface area contributed by atoms with Crippen LogP contribution in [0, 0.1) is 11.6 Å². The molecule has 0 saturated carbocycles. The first-order chi connectivity index (χ1) is 6.24. The van der Waals surface area contributed by atoms with Crippen LogP contribution in [-0.4, -0.2) is 6.29 Å². The van der Waals surface area contributed by atoms with E-state index in [2.05, 4.69) is 0 Å². The van der Waals surface area contributed by atoms with Crippen molar-refractivity contribution in [3.05, 3.63) is 41.5 Å². The minimum atomic E-state index is -0.497. The molecule has 1 rings (SSSR count). The Morgan fingerprint density at radius 2 is 2.08 bits per heavy atom. The molecule has 1 aromatic carbocycles. The molecule has 0 atom stereocenters. The smallest absolute Gasteiger partial charge is 0.130 e. The lowest BCUT2D eigenvalue weighted by Crippen LogP contribution is -1.83. The third-order valence-electron chi connectivity index (χ3n) is 1.49. The van der Waals surface area contributed by atoms with Crippen LogP contribution in [0.15, 0.2) is 24.3 Å². The molecule has 1 nitrogen and oxygen atoms in total. The SMILES string of the molecule is O=CCC=Cc1cc(F)ccc1F. The maximum absolute atomic E-state index is 12.9. The van der Waals surface area contributed by atoms with Crippen LogP contribution in [0.25, 0.3) is 6.08 Å². The highest BCUT2D eigenvalue weighted by Gasteiger charge is 1.98. The lowest BCUT2D eigenvalue weighted by molar-refractivity contribution is -0.107. The van der Waals surface area contributed by atoms with Crippen molar-refractivity contribution in [3.63, 3.8) is 0 Å². The molecule has 0 spiro atoms. The lowest BCUT2D eigenvalue weighted by atomic mass is 10.2. The Morgan fingerprint density at radius 3 is 2.77 bits per heavy atom. The van der Waals surface area contributed by atoms with E-state index in [1.165, 1.54) is 12.2 Å². The van der Waals surface area contributed by atoms with E-state index in [0.717, 1.165) is 18.2 Å². The van der Waals surface area contributed by atoms with Gasteiger partial charge in [0.2, 0.25) is 0 Å². The maximum atomic E-state index is 12.9. The second-order valence-corrected chi connectivity index (χ2v) is 2.47. The zero-order valence-electron chi connectivity index (χ0n) is 6.84. The fraction of sp³-hybridized carbons (Fsp3) is 0.100. The van der Waals surface area contributed by atoms with Gasteiger partial charge >= 0.3 is 0 Å². The molecule has 0 aliphatic rings. The van der Waals surface area contributed by atoms with Crippen LogP contribution in [-0.2, 0) is 4.79 Å². The zero-order chi connectivity index (χ0) is 9.68. The Morgan fingerprint density at radius 1 is 1.31 bits per heavy atom. The molecular formula is C10H8F2O. The van der Waals surface area contributed by atoms with E-state index in [1.807, 2.05) is 0 Å². The third kappa shape index (κ3) is 2.78. The first-order valence-electron chi connectivity index (χ1n) is 3.79. The lowest BCUT2D eigenvalue weighted by Gasteiger charge is -1.95. The molecule has 3 heteroatoms. The van der Waals surface area contributed by atoms with Gasteiger partial charge in [0.1, 0.15) is 17.9 Å². The van der Waals surface area contributed by atoms with E-state index in [4.69, 9.17) is 0 Å². The molecule has 0 saturated heterocycles. The quantitative estimate of drug-likeness (QED) is 0.656. The van der Waals surface area contributed by atoms with Gasteiger partial charge in [-0.2, -0.15) is 0 Å². The number of carbonyl (C=O) groups excluding carboxylic acids is 1. The van der Waals surface area contributed by atoms with E-state index in [0.29, 0.717) is 6.29 Å². The predicted molar refractivity (Wildman–Crippen MR) is 46.1 cm³/mol.